The van der Waals surface area contributed by atoms with E-state index in [1.807, 2.05) is 6.07 Å². The SMILES string of the molecule is CC(C)CC(C)NCC(=O)NCCC#N. The van der Waals surface area contributed by atoms with Crippen molar-refractivity contribution in [3.05, 3.63) is 0 Å². The zero-order valence-corrected chi connectivity index (χ0v) is 9.84. The van der Waals surface area contributed by atoms with Gasteiger partial charge in [0.05, 0.1) is 19.0 Å². The number of nitriles is 1. The van der Waals surface area contributed by atoms with Crippen LogP contribution in [-0.4, -0.2) is 25.0 Å². The van der Waals surface area contributed by atoms with Crippen molar-refractivity contribution in [3.8, 4) is 6.07 Å². The molecule has 0 aliphatic rings. The molecule has 4 nitrogen and oxygen atoms in total. The summed E-state index contributed by atoms with van der Waals surface area (Å²) in [5.74, 6) is 0.593. The van der Waals surface area contributed by atoms with E-state index in [0.29, 0.717) is 31.5 Å². The molecule has 1 unspecified atom stereocenters. The summed E-state index contributed by atoms with van der Waals surface area (Å²) >= 11 is 0. The highest BCUT2D eigenvalue weighted by Crippen LogP contribution is 2.02. The minimum atomic E-state index is -0.0409. The molecule has 0 radical (unpaired) electrons. The lowest BCUT2D eigenvalue weighted by Gasteiger charge is -2.15. The molecule has 0 aliphatic carbocycles. The van der Waals surface area contributed by atoms with Gasteiger partial charge in [-0.15, -0.1) is 0 Å². The Bertz CT molecular complexity index is 220. The van der Waals surface area contributed by atoms with Gasteiger partial charge >= 0.3 is 0 Å². The summed E-state index contributed by atoms with van der Waals surface area (Å²) in [6.07, 6.45) is 1.43. The number of nitrogens with one attached hydrogen (secondary N) is 2. The third-order valence-electron chi connectivity index (χ3n) is 2.00. The second-order valence-corrected chi connectivity index (χ2v) is 4.17. The van der Waals surface area contributed by atoms with Crippen LogP contribution in [0.5, 0.6) is 0 Å². The molecule has 1 amide bonds. The van der Waals surface area contributed by atoms with Crippen molar-refractivity contribution in [2.75, 3.05) is 13.1 Å². The third-order valence-corrected chi connectivity index (χ3v) is 2.00. The molecule has 0 bridgehead atoms. The number of carbonyl (C=O) groups excluding carboxylic acids is 1. The molecule has 2 N–H and O–H groups in total. The summed E-state index contributed by atoms with van der Waals surface area (Å²) < 4.78 is 0. The van der Waals surface area contributed by atoms with Crippen LogP contribution < -0.4 is 10.6 Å². The first-order chi connectivity index (χ1) is 7.06. The molecule has 0 rings (SSSR count). The first-order valence-electron chi connectivity index (χ1n) is 5.43. The van der Waals surface area contributed by atoms with Gasteiger partial charge in [0.15, 0.2) is 0 Å². The van der Waals surface area contributed by atoms with Crippen LogP contribution in [0.3, 0.4) is 0 Å². The fourth-order valence-electron chi connectivity index (χ4n) is 1.38. The van der Waals surface area contributed by atoms with Crippen molar-refractivity contribution in [3.63, 3.8) is 0 Å². The van der Waals surface area contributed by atoms with Crippen LogP contribution in [0.2, 0.25) is 0 Å². The minimum Gasteiger partial charge on any atom is -0.354 e. The Morgan fingerprint density at radius 2 is 2.07 bits per heavy atom. The Kier molecular flexibility index (Phi) is 7.65. The second-order valence-electron chi connectivity index (χ2n) is 4.17. The molecule has 0 aliphatic heterocycles. The van der Waals surface area contributed by atoms with E-state index in [4.69, 9.17) is 5.26 Å². The maximum atomic E-state index is 11.2. The van der Waals surface area contributed by atoms with Crippen molar-refractivity contribution >= 4 is 5.91 Å². The molecule has 0 saturated heterocycles. The molecule has 0 fully saturated rings. The van der Waals surface area contributed by atoms with Gasteiger partial charge in [-0.25, -0.2) is 0 Å². The lowest BCUT2D eigenvalue weighted by Crippen LogP contribution is -2.38. The van der Waals surface area contributed by atoms with Gasteiger partial charge in [0.2, 0.25) is 5.91 Å². The smallest absolute Gasteiger partial charge is 0.233 e. The van der Waals surface area contributed by atoms with E-state index in [-0.39, 0.29) is 5.91 Å². The third kappa shape index (κ3) is 9.23. The van der Waals surface area contributed by atoms with Gasteiger partial charge in [-0.2, -0.15) is 5.26 Å². The van der Waals surface area contributed by atoms with Gasteiger partial charge in [0.25, 0.3) is 0 Å². The summed E-state index contributed by atoms with van der Waals surface area (Å²) in [6, 6.07) is 2.33. The van der Waals surface area contributed by atoms with Crippen molar-refractivity contribution in [1.82, 2.24) is 10.6 Å². The lowest BCUT2D eigenvalue weighted by molar-refractivity contribution is -0.120. The predicted molar refractivity (Wildman–Crippen MR) is 60.2 cm³/mol. The highest BCUT2D eigenvalue weighted by molar-refractivity contribution is 5.77. The highest BCUT2D eigenvalue weighted by Gasteiger charge is 2.06. The van der Waals surface area contributed by atoms with Crippen molar-refractivity contribution in [2.24, 2.45) is 5.92 Å². The molecule has 0 spiro atoms. The van der Waals surface area contributed by atoms with Gasteiger partial charge < -0.3 is 10.6 Å². The zero-order valence-electron chi connectivity index (χ0n) is 9.84. The van der Waals surface area contributed by atoms with Crippen LogP contribution in [0.15, 0.2) is 0 Å². The number of amides is 1. The predicted octanol–water partition coefficient (Wildman–Crippen LogP) is 1.04. The summed E-state index contributed by atoms with van der Waals surface area (Å²) in [7, 11) is 0. The number of nitrogens with zero attached hydrogens (tertiary/aromatic N) is 1. The van der Waals surface area contributed by atoms with E-state index in [1.165, 1.54) is 0 Å². The standard InChI is InChI=1S/C11H21N3O/c1-9(2)7-10(3)14-8-11(15)13-6-4-5-12/h9-10,14H,4,6-8H2,1-3H3,(H,13,15). The number of carbonyl (C=O) groups is 1. The molecular formula is C11H21N3O. The summed E-state index contributed by atoms with van der Waals surface area (Å²) in [4.78, 5) is 11.2. The Hall–Kier alpha value is -1.08. The number of hydrogen-bond donors (Lipinski definition) is 2. The highest BCUT2D eigenvalue weighted by atomic mass is 16.1. The van der Waals surface area contributed by atoms with Crippen LogP contribution in [-0.2, 0) is 4.79 Å². The Balaban J connectivity index is 3.49. The molecule has 86 valence electrons. The van der Waals surface area contributed by atoms with E-state index in [1.54, 1.807) is 0 Å². The molecule has 0 aromatic carbocycles. The Morgan fingerprint density at radius 1 is 1.40 bits per heavy atom. The number of rotatable bonds is 7. The first kappa shape index (κ1) is 13.9. The van der Waals surface area contributed by atoms with Gasteiger partial charge in [-0.1, -0.05) is 13.8 Å². The first-order valence-corrected chi connectivity index (χ1v) is 5.43. The van der Waals surface area contributed by atoms with Gasteiger partial charge in [-0.05, 0) is 19.3 Å². The van der Waals surface area contributed by atoms with E-state index >= 15 is 0 Å². The van der Waals surface area contributed by atoms with Crippen LogP contribution in [0, 0.1) is 17.2 Å². The topological polar surface area (TPSA) is 64.9 Å². The van der Waals surface area contributed by atoms with E-state index < -0.39 is 0 Å². The maximum Gasteiger partial charge on any atom is 0.233 e. The van der Waals surface area contributed by atoms with Gasteiger partial charge in [-0.3, -0.25) is 4.79 Å². The van der Waals surface area contributed by atoms with Gasteiger partial charge in [0, 0.05) is 12.6 Å². The average molecular weight is 211 g/mol. The molecule has 1 atom stereocenters. The van der Waals surface area contributed by atoms with Crippen molar-refractivity contribution in [2.45, 2.75) is 39.7 Å². The zero-order chi connectivity index (χ0) is 11.7. The fourth-order valence-corrected chi connectivity index (χ4v) is 1.38. The van der Waals surface area contributed by atoms with Crippen LogP contribution in [0.4, 0.5) is 0 Å². The summed E-state index contributed by atoms with van der Waals surface area (Å²) in [5, 5.41) is 14.1. The fraction of sp³-hybridized carbons (Fsp3) is 0.818. The molecule has 4 heteroatoms. The largest absolute Gasteiger partial charge is 0.354 e. The van der Waals surface area contributed by atoms with Gasteiger partial charge in [0.1, 0.15) is 0 Å². The monoisotopic (exact) mass is 211 g/mol. The molecule has 15 heavy (non-hydrogen) atoms. The molecule has 0 saturated carbocycles. The number of hydrogen-bond acceptors (Lipinski definition) is 3. The van der Waals surface area contributed by atoms with E-state index in [2.05, 4.69) is 31.4 Å². The maximum absolute atomic E-state index is 11.2. The van der Waals surface area contributed by atoms with E-state index in [0.717, 1.165) is 6.42 Å². The normalized spacial score (nSPS) is 12.2. The van der Waals surface area contributed by atoms with Crippen LogP contribution >= 0.6 is 0 Å². The Labute approximate surface area is 92.0 Å². The van der Waals surface area contributed by atoms with Crippen molar-refractivity contribution < 1.29 is 4.79 Å². The molecule has 0 heterocycles. The van der Waals surface area contributed by atoms with Crippen LogP contribution in [0.25, 0.3) is 0 Å². The summed E-state index contributed by atoms with van der Waals surface area (Å²) in [5.41, 5.74) is 0. The lowest BCUT2D eigenvalue weighted by atomic mass is 10.1. The van der Waals surface area contributed by atoms with E-state index in [9.17, 15) is 4.79 Å². The molecular weight excluding hydrogens is 190 g/mol. The minimum absolute atomic E-state index is 0.0409. The quantitative estimate of drug-likeness (QED) is 0.618. The second kappa shape index (κ2) is 8.25. The van der Waals surface area contributed by atoms with Crippen LogP contribution in [0.1, 0.15) is 33.6 Å². The molecule has 0 aromatic rings. The summed E-state index contributed by atoms with van der Waals surface area (Å²) in [6.45, 7) is 7.16. The Morgan fingerprint density at radius 3 is 2.60 bits per heavy atom. The van der Waals surface area contributed by atoms with Crippen molar-refractivity contribution in [1.29, 1.82) is 5.26 Å². The average Bonchev–Trinajstić information content (AvgIpc) is 2.14. The molecule has 0 aromatic heterocycles.